The number of carbonyl (C=O) groups excluding carboxylic acids is 1. The number of hydrogen-bond acceptors (Lipinski definition) is 4. The van der Waals surface area contributed by atoms with Gasteiger partial charge < -0.3 is 19.0 Å². The molecule has 0 unspecified atom stereocenters. The summed E-state index contributed by atoms with van der Waals surface area (Å²) in [5.41, 5.74) is 1.59. The predicted octanol–water partition coefficient (Wildman–Crippen LogP) is 2.18. The molecule has 1 saturated heterocycles. The van der Waals surface area contributed by atoms with E-state index < -0.39 is 0 Å². The monoisotopic (exact) mass is 371 g/mol. The summed E-state index contributed by atoms with van der Waals surface area (Å²) in [6.07, 6.45) is 0. The third kappa shape index (κ3) is 3.40. The minimum atomic E-state index is -0.0246. The normalized spacial score (nSPS) is 15.7. The Morgan fingerprint density at radius 3 is 2.77 bits per heavy atom. The van der Waals surface area contributed by atoms with E-state index in [9.17, 15) is 4.79 Å². The molecule has 0 aliphatic carbocycles. The van der Waals surface area contributed by atoms with Crippen LogP contribution in [0.1, 0.15) is 21.0 Å². The number of methoxy groups -OCH3 is 1. The Balaban J connectivity index is 1.48. The van der Waals surface area contributed by atoms with Gasteiger partial charge in [-0.1, -0.05) is 24.3 Å². The molecule has 0 radical (unpaired) electrons. The molecule has 0 spiro atoms. The molecule has 6 heteroatoms. The van der Waals surface area contributed by atoms with Crippen LogP contribution in [0.3, 0.4) is 0 Å². The van der Waals surface area contributed by atoms with Crippen LogP contribution in [0.25, 0.3) is 11.0 Å². The quantitative estimate of drug-likeness (QED) is 0.748. The number of carbonyl (C=O) groups is 1. The molecule has 0 saturated carbocycles. The zero-order chi connectivity index (χ0) is 17.9. The summed E-state index contributed by atoms with van der Waals surface area (Å²) < 4.78 is 11.2. The van der Waals surface area contributed by atoms with Crippen molar-refractivity contribution in [2.24, 2.45) is 0 Å². The third-order valence-electron chi connectivity index (χ3n) is 4.94. The van der Waals surface area contributed by atoms with E-state index in [-0.39, 0.29) is 5.91 Å². The molecule has 5 nitrogen and oxygen atoms in total. The molecule has 0 atom stereocenters. The van der Waals surface area contributed by atoms with Gasteiger partial charge in [-0.15, -0.1) is 11.3 Å². The second-order valence-electron chi connectivity index (χ2n) is 6.64. The number of thiophene rings is 1. The second-order valence-corrected chi connectivity index (χ2v) is 7.67. The van der Waals surface area contributed by atoms with E-state index >= 15 is 0 Å². The van der Waals surface area contributed by atoms with Gasteiger partial charge in [0.25, 0.3) is 5.91 Å². The Morgan fingerprint density at radius 2 is 2.04 bits per heavy atom. The number of rotatable bonds is 5. The first-order valence-electron chi connectivity index (χ1n) is 8.91. The third-order valence-corrected chi connectivity index (χ3v) is 5.82. The van der Waals surface area contributed by atoms with Crippen LogP contribution in [0.5, 0.6) is 0 Å². The van der Waals surface area contributed by atoms with Gasteiger partial charge in [0, 0.05) is 18.1 Å². The second kappa shape index (κ2) is 7.61. The number of piperazine rings is 1. The fraction of sp³-hybridized carbons (Fsp3) is 0.350. The molecule has 136 valence electrons. The van der Waals surface area contributed by atoms with E-state index in [2.05, 4.69) is 17.5 Å². The number of amides is 1. The lowest BCUT2D eigenvalue weighted by molar-refractivity contribution is -0.917. The first kappa shape index (κ1) is 17.3. The van der Waals surface area contributed by atoms with E-state index in [0.717, 1.165) is 49.3 Å². The summed E-state index contributed by atoms with van der Waals surface area (Å²) >= 11 is 1.80. The van der Waals surface area contributed by atoms with Gasteiger partial charge >= 0.3 is 0 Å². The van der Waals surface area contributed by atoms with Gasteiger partial charge in [0.1, 0.15) is 12.1 Å². The van der Waals surface area contributed by atoms with E-state index in [1.807, 2.05) is 29.2 Å². The van der Waals surface area contributed by atoms with Gasteiger partial charge in [-0.3, -0.25) is 4.79 Å². The summed E-state index contributed by atoms with van der Waals surface area (Å²) in [5.74, 6) is 0.401. The number of furan rings is 1. The SMILES string of the molecule is COCc1c(C(=O)N2CC[NH+](Cc3cccs3)CC2)oc2ccccc12. The van der Waals surface area contributed by atoms with Gasteiger partial charge in [-0.05, 0) is 17.5 Å². The minimum Gasteiger partial charge on any atom is -0.451 e. The highest BCUT2D eigenvalue weighted by atomic mass is 32.1. The molecule has 0 bridgehead atoms. The average molecular weight is 371 g/mol. The summed E-state index contributed by atoms with van der Waals surface area (Å²) in [5, 5.41) is 3.08. The standard InChI is InChI=1S/C20H22N2O3S/c1-24-14-17-16-6-2-3-7-18(16)25-19(17)20(23)22-10-8-21(9-11-22)13-15-5-4-12-26-15/h2-7,12H,8-11,13-14H2,1H3/p+1. The van der Waals surface area contributed by atoms with Gasteiger partial charge in [0.05, 0.1) is 37.7 Å². The Bertz CT molecular complexity index is 880. The van der Waals surface area contributed by atoms with Crippen molar-refractivity contribution in [3.05, 3.63) is 58.0 Å². The Labute approximate surface area is 156 Å². The van der Waals surface area contributed by atoms with E-state index in [1.54, 1.807) is 18.4 Å². The van der Waals surface area contributed by atoms with E-state index in [0.29, 0.717) is 12.4 Å². The zero-order valence-corrected chi connectivity index (χ0v) is 15.7. The highest BCUT2D eigenvalue weighted by Gasteiger charge is 2.29. The molecule has 3 aromatic rings. The predicted molar refractivity (Wildman–Crippen MR) is 102 cm³/mol. The number of nitrogens with zero attached hydrogens (tertiary/aromatic N) is 1. The van der Waals surface area contributed by atoms with Crippen molar-refractivity contribution >= 4 is 28.2 Å². The smallest absolute Gasteiger partial charge is 0.290 e. The highest BCUT2D eigenvalue weighted by molar-refractivity contribution is 7.09. The lowest BCUT2D eigenvalue weighted by Crippen LogP contribution is -3.13. The zero-order valence-electron chi connectivity index (χ0n) is 14.9. The lowest BCUT2D eigenvalue weighted by Gasteiger charge is -2.31. The van der Waals surface area contributed by atoms with E-state index in [4.69, 9.17) is 9.15 Å². The van der Waals surface area contributed by atoms with Crippen LogP contribution in [0.2, 0.25) is 0 Å². The first-order valence-corrected chi connectivity index (χ1v) is 9.79. The van der Waals surface area contributed by atoms with Crippen LogP contribution in [0.15, 0.2) is 46.2 Å². The average Bonchev–Trinajstić information content (AvgIpc) is 3.30. The topological polar surface area (TPSA) is 47.1 Å². The number of para-hydroxylation sites is 1. The number of hydrogen-bond donors (Lipinski definition) is 1. The molecule has 1 aromatic carbocycles. The maximum absolute atomic E-state index is 13.1. The Morgan fingerprint density at radius 1 is 1.23 bits per heavy atom. The fourth-order valence-corrected chi connectivity index (χ4v) is 4.34. The summed E-state index contributed by atoms with van der Waals surface area (Å²) in [6, 6.07) is 12.0. The van der Waals surface area contributed by atoms with Crippen molar-refractivity contribution in [1.82, 2.24) is 4.90 Å². The molecular formula is C20H23N2O3S+. The highest BCUT2D eigenvalue weighted by Crippen LogP contribution is 2.27. The molecule has 2 aromatic heterocycles. The number of fused-ring (bicyclic) bond motifs is 1. The van der Waals surface area contributed by atoms with Crippen molar-refractivity contribution in [2.45, 2.75) is 13.2 Å². The van der Waals surface area contributed by atoms with Crippen molar-refractivity contribution in [2.75, 3.05) is 33.3 Å². The molecule has 4 rings (SSSR count). The van der Waals surface area contributed by atoms with Gasteiger partial charge in [0.2, 0.25) is 0 Å². The lowest BCUT2D eigenvalue weighted by atomic mass is 10.1. The fourth-order valence-electron chi connectivity index (χ4n) is 3.57. The molecule has 1 fully saturated rings. The Hall–Kier alpha value is -2.15. The molecule has 1 aliphatic heterocycles. The summed E-state index contributed by atoms with van der Waals surface area (Å²) in [7, 11) is 1.64. The molecular weight excluding hydrogens is 348 g/mol. The minimum absolute atomic E-state index is 0.0246. The van der Waals surface area contributed by atoms with Crippen LogP contribution < -0.4 is 4.90 Å². The molecule has 1 aliphatic rings. The van der Waals surface area contributed by atoms with Crippen LogP contribution in [-0.4, -0.2) is 44.1 Å². The number of ether oxygens (including phenoxy) is 1. The van der Waals surface area contributed by atoms with Crippen molar-refractivity contribution in [1.29, 1.82) is 0 Å². The van der Waals surface area contributed by atoms with E-state index in [1.165, 1.54) is 9.78 Å². The van der Waals surface area contributed by atoms with Crippen LogP contribution in [-0.2, 0) is 17.9 Å². The molecule has 1 N–H and O–H groups in total. The number of quaternary nitrogens is 1. The maximum Gasteiger partial charge on any atom is 0.290 e. The maximum atomic E-state index is 13.1. The largest absolute Gasteiger partial charge is 0.451 e. The van der Waals surface area contributed by atoms with Crippen molar-refractivity contribution in [3.8, 4) is 0 Å². The number of benzene rings is 1. The first-order chi connectivity index (χ1) is 12.8. The Kier molecular flexibility index (Phi) is 5.06. The number of nitrogens with one attached hydrogen (secondary N) is 1. The molecule has 3 heterocycles. The van der Waals surface area contributed by atoms with Crippen LogP contribution in [0.4, 0.5) is 0 Å². The molecule has 26 heavy (non-hydrogen) atoms. The van der Waals surface area contributed by atoms with Crippen molar-refractivity contribution < 1.29 is 18.8 Å². The van der Waals surface area contributed by atoms with Crippen LogP contribution in [0, 0.1) is 0 Å². The summed E-state index contributed by atoms with van der Waals surface area (Å²) in [6.45, 7) is 4.85. The van der Waals surface area contributed by atoms with Gasteiger partial charge in [-0.2, -0.15) is 0 Å². The van der Waals surface area contributed by atoms with Gasteiger partial charge in [0.15, 0.2) is 5.76 Å². The summed E-state index contributed by atoms with van der Waals surface area (Å²) in [4.78, 5) is 17.9. The van der Waals surface area contributed by atoms with Crippen LogP contribution >= 0.6 is 11.3 Å². The van der Waals surface area contributed by atoms with Gasteiger partial charge in [-0.25, -0.2) is 0 Å². The molecule has 1 amide bonds. The van der Waals surface area contributed by atoms with Crippen molar-refractivity contribution in [3.63, 3.8) is 0 Å².